The first kappa shape index (κ1) is 15.0. The lowest BCUT2D eigenvalue weighted by atomic mass is 10.0. The highest BCUT2D eigenvalue weighted by atomic mass is 35.5. The molecule has 1 heterocycles. The molecule has 0 fully saturated rings. The smallest absolute Gasteiger partial charge is 0.233 e. The van der Waals surface area contributed by atoms with Gasteiger partial charge in [0, 0.05) is 11.1 Å². The van der Waals surface area contributed by atoms with Crippen molar-refractivity contribution >= 4 is 23.3 Å². The number of hydrogen-bond donors (Lipinski definition) is 2. The summed E-state index contributed by atoms with van der Waals surface area (Å²) in [6.45, 7) is 0. The number of halogens is 1. The van der Waals surface area contributed by atoms with Gasteiger partial charge in [-0.15, -0.1) is 0 Å². The molecule has 24 heavy (non-hydrogen) atoms. The third kappa shape index (κ3) is 2.81. The molecule has 1 aromatic heterocycles. The van der Waals surface area contributed by atoms with Gasteiger partial charge in [-0.25, -0.2) is 0 Å². The number of nitrogens with one attached hydrogen (secondary N) is 2. The highest BCUT2D eigenvalue weighted by molar-refractivity contribution is 6.30. The zero-order valence-corrected chi connectivity index (χ0v) is 13.7. The fourth-order valence-electron chi connectivity index (χ4n) is 3.21. The first-order valence-electron chi connectivity index (χ1n) is 7.91. The van der Waals surface area contributed by atoms with Crippen molar-refractivity contribution in [2.24, 2.45) is 0 Å². The van der Waals surface area contributed by atoms with Crippen molar-refractivity contribution in [1.82, 2.24) is 10.2 Å². The van der Waals surface area contributed by atoms with Gasteiger partial charge in [0.25, 0.3) is 0 Å². The van der Waals surface area contributed by atoms with Crippen molar-refractivity contribution in [3.05, 3.63) is 70.7 Å². The molecule has 2 N–H and O–H groups in total. The lowest BCUT2D eigenvalue weighted by Crippen LogP contribution is -2.19. The molecule has 0 radical (unpaired) electrons. The van der Waals surface area contributed by atoms with Gasteiger partial charge < -0.3 is 5.32 Å². The van der Waals surface area contributed by atoms with E-state index >= 15 is 0 Å². The Labute approximate surface area is 144 Å². The number of rotatable bonds is 3. The lowest BCUT2D eigenvalue weighted by molar-refractivity contribution is -0.117. The summed E-state index contributed by atoms with van der Waals surface area (Å²) in [5, 5.41) is 10.7. The molecule has 1 atom stereocenters. The Morgan fingerprint density at radius 3 is 2.79 bits per heavy atom. The maximum Gasteiger partial charge on any atom is 0.233 e. The molecule has 3 aromatic rings. The zero-order chi connectivity index (χ0) is 16.5. The van der Waals surface area contributed by atoms with E-state index in [1.165, 1.54) is 5.56 Å². The fraction of sp³-hybridized carbons (Fsp3) is 0.158. The van der Waals surface area contributed by atoms with Crippen LogP contribution in [0.4, 0.5) is 5.82 Å². The number of aryl methyl sites for hydroxylation is 1. The average molecular weight is 338 g/mol. The number of aromatic nitrogens is 2. The first-order valence-corrected chi connectivity index (χ1v) is 8.28. The van der Waals surface area contributed by atoms with Crippen LogP contribution < -0.4 is 5.32 Å². The molecule has 4 rings (SSSR count). The summed E-state index contributed by atoms with van der Waals surface area (Å²) in [6.07, 6.45) is 1.80. The van der Waals surface area contributed by atoms with Crippen LogP contribution in [0.2, 0.25) is 5.02 Å². The van der Waals surface area contributed by atoms with E-state index in [2.05, 4.69) is 21.6 Å². The van der Waals surface area contributed by atoms with Crippen molar-refractivity contribution in [2.45, 2.75) is 18.8 Å². The summed E-state index contributed by atoms with van der Waals surface area (Å²) in [5.74, 6) is 0.431. The number of nitrogens with zero attached hydrogens (tertiary/aromatic N) is 1. The van der Waals surface area contributed by atoms with Crippen LogP contribution in [0.25, 0.3) is 11.3 Å². The van der Waals surface area contributed by atoms with Crippen LogP contribution in [0.15, 0.2) is 54.6 Å². The third-order valence-corrected chi connectivity index (χ3v) is 4.69. The van der Waals surface area contributed by atoms with Gasteiger partial charge in [-0.05, 0) is 41.7 Å². The van der Waals surface area contributed by atoms with Crippen LogP contribution in [0.3, 0.4) is 0 Å². The monoisotopic (exact) mass is 337 g/mol. The van der Waals surface area contributed by atoms with Crippen molar-refractivity contribution in [3.8, 4) is 11.3 Å². The second-order valence-electron chi connectivity index (χ2n) is 5.95. The largest absolute Gasteiger partial charge is 0.309 e. The summed E-state index contributed by atoms with van der Waals surface area (Å²) < 4.78 is 0. The van der Waals surface area contributed by atoms with E-state index in [9.17, 15) is 4.79 Å². The minimum atomic E-state index is -0.100. The number of hydrogen-bond acceptors (Lipinski definition) is 2. The molecule has 1 unspecified atom stereocenters. The van der Waals surface area contributed by atoms with Gasteiger partial charge in [-0.1, -0.05) is 48.0 Å². The summed E-state index contributed by atoms with van der Waals surface area (Å²) in [5.41, 5.74) is 4.21. The SMILES string of the molecule is O=C(Nc1cc(-c2ccc(Cl)cc2)[nH]n1)C1CCc2ccccc21. The third-order valence-electron chi connectivity index (χ3n) is 4.43. The predicted octanol–water partition coefficient (Wildman–Crippen LogP) is 4.40. The topological polar surface area (TPSA) is 57.8 Å². The standard InChI is InChI=1S/C19H16ClN3O/c20-14-8-5-13(6-9-14)17-11-18(23-22-17)21-19(24)16-10-7-12-3-1-2-4-15(12)16/h1-6,8-9,11,16H,7,10H2,(H2,21,22,23,24). The van der Waals surface area contributed by atoms with E-state index < -0.39 is 0 Å². The van der Waals surface area contributed by atoms with E-state index in [1.54, 1.807) is 0 Å². The normalized spacial score (nSPS) is 16.0. The maximum absolute atomic E-state index is 12.6. The molecular weight excluding hydrogens is 322 g/mol. The molecule has 5 heteroatoms. The molecule has 0 aliphatic heterocycles. The Kier molecular flexibility index (Phi) is 3.82. The number of benzene rings is 2. The second kappa shape index (κ2) is 6.13. The molecule has 0 saturated heterocycles. The van der Waals surface area contributed by atoms with E-state index in [1.807, 2.05) is 48.5 Å². The van der Waals surface area contributed by atoms with E-state index in [-0.39, 0.29) is 11.8 Å². The predicted molar refractivity (Wildman–Crippen MR) is 95.2 cm³/mol. The zero-order valence-electron chi connectivity index (χ0n) is 12.9. The van der Waals surface area contributed by atoms with Crippen LogP contribution in [0.1, 0.15) is 23.5 Å². The average Bonchev–Trinajstić information content (AvgIpc) is 3.22. The number of carbonyl (C=O) groups is 1. The molecule has 4 nitrogen and oxygen atoms in total. The molecule has 0 bridgehead atoms. The quantitative estimate of drug-likeness (QED) is 0.744. The van der Waals surface area contributed by atoms with Crippen LogP contribution in [0.5, 0.6) is 0 Å². The van der Waals surface area contributed by atoms with Gasteiger partial charge in [-0.3, -0.25) is 9.89 Å². The Hall–Kier alpha value is -2.59. The number of anilines is 1. The van der Waals surface area contributed by atoms with Crippen molar-refractivity contribution < 1.29 is 4.79 Å². The number of H-pyrrole nitrogens is 1. The maximum atomic E-state index is 12.6. The van der Waals surface area contributed by atoms with E-state index in [4.69, 9.17) is 11.6 Å². The molecule has 1 aliphatic rings. The summed E-state index contributed by atoms with van der Waals surface area (Å²) in [7, 11) is 0. The Bertz CT molecular complexity index is 886. The number of aromatic amines is 1. The van der Waals surface area contributed by atoms with E-state index in [0.717, 1.165) is 29.7 Å². The minimum Gasteiger partial charge on any atom is -0.309 e. The Morgan fingerprint density at radius 1 is 1.17 bits per heavy atom. The van der Waals surface area contributed by atoms with Crippen molar-refractivity contribution in [3.63, 3.8) is 0 Å². The van der Waals surface area contributed by atoms with Crippen LogP contribution in [0, 0.1) is 0 Å². The van der Waals surface area contributed by atoms with Gasteiger partial charge in [0.15, 0.2) is 5.82 Å². The van der Waals surface area contributed by atoms with Gasteiger partial charge in [0.1, 0.15) is 0 Å². The van der Waals surface area contributed by atoms with E-state index in [0.29, 0.717) is 10.8 Å². The molecule has 120 valence electrons. The van der Waals surface area contributed by atoms with Crippen molar-refractivity contribution in [1.29, 1.82) is 0 Å². The van der Waals surface area contributed by atoms with Gasteiger partial charge in [-0.2, -0.15) is 5.10 Å². The second-order valence-corrected chi connectivity index (χ2v) is 6.39. The molecule has 2 aromatic carbocycles. The molecule has 1 amide bonds. The number of amides is 1. The van der Waals surface area contributed by atoms with Crippen LogP contribution in [-0.4, -0.2) is 16.1 Å². The highest BCUT2D eigenvalue weighted by Crippen LogP contribution is 2.33. The van der Waals surface area contributed by atoms with Crippen LogP contribution >= 0.6 is 11.6 Å². The first-order chi connectivity index (χ1) is 11.7. The Morgan fingerprint density at radius 2 is 1.96 bits per heavy atom. The van der Waals surface area contributed by atoms with Crippen LogP contribution in [-0.2, 0) is 11.2 Å². The molecule has 0 spiro atoms. The van der Waals surface area contributed by atoms with Crippen molar-refractivity contribution in [2.75, 3.05) is 5.32 Å². The highest BCUT2D eigenvalue weighted by Gasteiger charge is 2.28. The lowest BCUT2D eigenvalue weighted by Gasteiger charge is -2.10. The molecular formula is C19H16ClN3O. The summed E-state index contributed by atoms with van der Waals surface area (Å²) >= 11 is 5.90. The van der Waals surface area contributed by atoms with Gasteiger partial charge in [0.2, 0.25) is 5.91 Å². The Balaban J connectivity index is 1.50. The minimum absolute atomic E-state index is 0.00546. The summed E-state index contributed by atoms with van der Waals surface area (Å²) in [4.78, 5) is 12.6. The molecule has 0 saturated carbocycles. The fourth-order valence-corrected chi connectivity index (χ4v) is 3.33. The molecule has 1 aliphatic carbocycles. The van der Waals surface area contributed by atoms with Gasteiger partial charge >= 0.3 is 0 Å². The number of carbonyl (C=O) groups excluding carboxylic acids is 1. The van der Waals surface area contributed by atoms with Gasteiger partial charge in [0.05, 0.1) is 11.6 Å². The number of fused-ring (bicyclic) bond motifs is 1. The summed E-state index contributed by atoms with van der Waals surface area (Å²) in [6, 6.07) is 17.4.